The second kappa shape index (κ2) is 10.6. The molecular formula is C31H52O3. The molecule has 194 valence electrons. The highest BCUT2D eigenvalue weighted by molar-refractivity contribution is 5.94. The van der Waals surface area contributed by atoms with Gasteiger partial charge < -0.3 is 4.74 Å². The minimum atomic E-state index is -0.371. The molecule has 0 N–H and O–H groups in total. The number of esters is 1. The molecule has 4 rings (SSSR count). The first-order chi connectivity index (χ1) is 16.1. The number of carbonyl (C=O) groups is 2. The summed E-state index contributed by atoms with van der Waals surface area (Å²) in [7, 11) is 0. The van der Waals surface area contributed by atoms with Crippen LogP contribution < -0.4 is 0 Å². The van der Waals surface area contributed by atoms with Crippen LogP contribution >= 0.6 is 0 Å². The molecule has 0 aromatic rings. The second-order valence-electron chi connectivity index (χ2n) is 13.7. The normalized spacial score (nSPS) is 41.0. The van der Waals surface area contributed by atoms with E-state index in [0.717, 1.165) is 41.9 Å². The third-order valence-electron chi connectivity index (χ3n) is 11.6. The van der Waals surface area contributed by atoms with Crippen LogP contribution in [0.4, 0.5) is 0 Å². The molecule has 4 saturated carbocycles. The van der Waals surface area contributed by atoms with Crippen LogP contribution in [-0.2, 0) is 14.3 Å². The summed E-state index contributed by atoms with van der Waals surface area (Å²) in [6.07, 6.45) is 18.4. The van der Waals surface area contributed by atoms with Crippen LogP contribution in [0.2, 0.25) is 0 Å². The first-order valence-corrected chi connectivity index (χ1v) is 14.8. The van der Waals surface area contributed by atoms with E-state index in [1.165, 1.54) is 84.0 Å². The molecule has 0 radical (unpaired) electrons. The fraction of sp³-hybridized carbons (Fsp3) is 0.935. The summed E-state index contributed by atoms with van der Waals surface area (Å²) in [6, 6.07) is 0. The molecule has 0 spiro atoms. The summed E-state index contributed by atoms with van der Waals surface area (Å²) in [6.45, 7) is 12.0. The van der Waals surface area contributed by atoms with Crippen LogP contribution in [0.15, 0.2) is 0 Å². The van der Waals surface area contributed by atoms with E-state index < -0.39 is 0 Å². The fourth-order valence-electron chi connectivity index (χ4n) is 9.83. The minimum Gasteiger partial charge on any atom is -0.465 e. The maximum absolute atomic E-state index is 11.6. The van der Waals surface area contributed by atoms with Crippen LogP contribution in [0.25, 0.3) is 0 Å². The quantitative estimate of drug-likeness (QED) is 0.252. The van der Waals surface area contributed by atoms with E-state index in [1.54, 1.807) is 0 Å². The Hall–Kier alpha value is -0.860. The predicted molar refractivity (Wildman–Crippen MR) is 138 cm³/mol. The zero-order chi connectivity index (χ0) is 24.5. The maximum atomic E-state index is 11.6. The summed E-state index contributed by atoms with van der Waals surface area (Å²) < 4.78 is 5.29. The lowest BCUT2D eigenvalue weighted by Crippen LogP contribution is -2.53. The van der Waals surface area contributed by atoms with Gasteiger partial charge in [0.1, 0.15) is 12.2 Å². The Morgan fingerprint density at radius 1 is 0.882 bits per heavy atom. The first kappa shape index (κ1) is 26.2. The van der Waals surface area contributed by atoms with E-state index in [0.29, 0.717) is 23.4 Å². The zero-order valence-corrected chi connectivity index (χ0v) is 22.9. The van der Waals surface area contributed by atoms with Gasteiger partial charge in [0.05, 0.1) is 6.61 Å². The number of carbonyl (C=O) groups excluding carboxylic acids is 2. The van der Waals surface area contributed by atoms with Crippen molar-refractivity contribution in [3.63, 3.8) is 0 Å². The van der Waals surface area contributed by atoms with Crippen molar-refractivity contribution in [3.8, 4) is 0 Å². The van der Waals surface area contributed by atoms with Gasteiger partial charge in [-0.25, -0.2) is 0 Å². The lowest BCUT2D eigenvalue weighted by molar-refractivity contribution is -0.146. The van der Waals surface area contributed by atoms with Crippen molar-refractivity contribution < 1.29 is 14.3 Å². The molecule has 2 unspecified atom stereocenters. The molecule has 34 heavy (non-hydrogen) atoms. The van der Waals surface area contributed by atoms with E-state index in [-0.39, 0.29) is 18.2 Å². The van der Waals surface area contributed by atoms with Gasteiger partial charge in [-0.1, -0.05) is 53.4 Å². The standard InChI is InChI=1S/C31H52O3/c1-21(20-34-29(33)19-23(3)32)9-8-10-22(2)26-14-15-27-25-13-12-24-11-6-7-17-30(24,4)28(25)16-18-31(26,27)5/h21-22,24-28H,6-20H2,1-5H3/t21?,22-,24?,25+,26-,27+,28+,30+,31-/m1/s1. The number of rotatable bonds is 9. The molecule has 4 aliphatic rings. The summed E-state index contributed by atoms with van der Waals surface area (Å²) in [4.78, 5) is 22.7. The van der Waals surface area contributed by atoms with Crippen LogP contribution in [0.5, 0.6) is 0 Å². The van der Waals surface area contributed by atoms with Crippen molar-refractivity contribution in [1.29, 1.82) is 0 Å². The molecule has 4 aliphatic carbocycles. The minimum absolute atomic E-state index is 0.0904. The van der Waals surface area contributed by atoms with Gasteiger partial charge in [0.2, 0.25) is 0 Å². The Morgan fingerprint density at radius 3 is 2.41 bits per heavy atom. The average Bonchev–Trinajstić information content (AvgIpc) is 3.14. The summed E-state index contributed by atoms with van der Waals surface area (Å²) in [5.41, 5.74) is 1.21. The monoisotopic (exact) mass is 472 g/mol. The summed E-state index contributed by atoms with van der Waals surface area (Å²) in [5.74, 6) is 5.56. The molecule has 0 saturated heterocycles. The van der Waals surface area contributed by atoms with E-state index in [2.05, 4.69) is 27.7 Å². The number of Topliss-reactive ketones (excluding diaryl/α,β-unsaturated/α-hetero) is 1. The van der Waals surface area contributed by atoms with E-state index in [1.807, 2.05) is 0 Å². The van der Waals surface area contributed by atoms with Gasteiger partial charge in [0.15, 0.2) is 0 Å². The molecule has 0 aliphatic heterocycles. The van der Waals surface area contributed by atoms with Crippen molar-refractivity contribution in [1.82, 2.24) is 0 Å². The highest BCUT2D eigenvalue weighted by Gasteiger charge is 2.60. The van der Waals surface area contributed by atoms with Gasteiger partial charge >= 0.3 is 5.97 Å². The fourth-order valence-corrected chi connectivity index (χ4v) is 9.83. The van der Waals surface area contributed by atoms with E-state index >= 15 is 0 Å². The van der Waals surface area contributed by atoms with E-state index in [9.17, 15) is 9.59 Å². The Kier molecular flexibility index (Phi) is 8.20. The van der Waals surface area contributed by atoms with Gasteiger partial charge in [-0.3, -0.25) is 9.59 Å². The molecule has 0 amide bonds. The maximum Gasteiger partial charge on any atom is 0.313 e. The van der Waals surface area contributed by atoms with Crippen molar-refractivity contribution >= 4 is 11.8 Å². The van der Waals surface area contributed by atoms with Crippen LogP contribution in [0.1, 0.15) is 125 Å². The molecule has 3 nitrogen and oxygen atoms in total. The SMILES string of the molecule is CC(=O)CC(=O)OCC(C)CCC[C@@H](C)[C@H]1CC[C@H]2[C@@H]3CCC4CCCC[C@]4(C)[C@H]3CC[C@]12C. The molecule has 0 aromatic heterocycles. The van der Waals surface area contributed by atoms with Crippen molar-refractivity contribution in [3.05, 3.63) is 0 Å². The Morgan fingerprint density at radius 2 is 1.65 bits per heavy atom. The number of hydrogen-bond acceptors (Lipinski definition) is 3. The van der Waals surface area contributed by atoms with Gasteiger partial charge in [0, 0.05) is 0 Å². The molecule has 3 heteroatoms. The molecule has 0 aromatic carbocycles. The summed E-state index contributed by atoms with van der Waals surface area (Å²) >= 11 is 0. The zero-order valence-electron chi connectivity index (χ0n) is 22.9. The van der Waals surface area contributed by atoms with Crippen LogP contribution in [0, 0.1) is 52.3 Å². The largest absolute Gasteiger partial charge is 0.465 e. The Bertz CT molecular complexity index is 730. The first-order valence-electron chi connectivity index (χ1n) is 14.8. The number of fused-ring (bicyclic) bond motifs is 5. The lowest BCUT2D eigenvalue weighted by atomic mass is 9.44. The molecule has 9 atom stereocenters. The van der Waals surface area contributed by atoms with Crippen LogP contribution in [-0.4, -0.2) is 18.4 Å². The molecule has 4 fully saturated rings. The molecular weight excluding hydrogens is 420 g/mol. The van der Waals surface area contributed by atoms with Crippen LogP contribution in [0.3, 0.4) is 0 Å². The number of hydrogen-bond donors (Lipinski definition) is 0. The highest BCUT2D eigenvalue weighted by Crippen LogP contribution is 2.68. The van der Waals surface area contributed by atoms with E-state index in [4.69, 9.17) is 4.74 Å². The lowest BCUT2D eigenvalue weighted by Gasteiger charge is -2.61. The van der Waals surface area contributed by atoms with Crippen molar-refractivity contribution in [2.45, 2.75) is 125 Å². The number of ketones is 1. The van der Waals surface area contributed by atoms with Crippen molar-refractivity contribution in [2.24, 2.45) is 52.3 Å². The average molecular weight is 473 g/mol. The predicted octanol–water partition coefficient (Wildman–Crippen LogP) is 8.00. The number of ether oxygens (including phenoxy) is 1. The van der Waals surface area contributed by atoms with Crippen molar-refractivity contribution in [2.75, 3.05) is 6.61 Å². The highest BCUT2D eigenvalue weighted by atomic mass is 16.5. The third-order valence-corrected chi connectivity index (χ3v) is 11.6. The topological polar surface area (TPSA) is 43.4 Å². The Balaban J connectivity index is 1.28. The van der Waals surface area contributed by atoms with Gasteiger partial charge in [-0.2, -0.15) is 0 Å². The van der Waals surface area contributed by atoms with Gasteiger partial charge in [-0.15, -0.1) is 0 Å². The molecule has 0 heterocycles. The molecule has 0 bridgehead atoms. The smallest absolute Gasteiger partial charge is 0.313 e. The second-order valence-corrected chi connectivity index (χ2v) is 13.7. The van der Waals surface area contributed by atoms with Gasteiger partial charge in [0.25, 0.3) is 0 Å². The third kappa shape index (κ3) is 5.15. The Labute approximate surface area is 209 Å². The summed E-state index contributed by atoms with van der Waals surface area (Å²) in [5, 5.41) is 0. The van der Waals surface area contributed by atoms with Gasteiger partial charge in [-0.05, 0) is 117 Å².